The van der Waals surface area contributed by atoms with E-state index in [1.54, 1.807) is 23.1 Å². The van der Waals surface area contributed by atoms with E-state index in [1.807, 2.05) is 32.0 Å². The molecule has 1 N–H and O–H groups in total. The molecule has 1 fully saturated rings. The molecule has 0 spiro atoms. The number of hydrogen-bond donors (Lipinski definition) is 1. The van der Waals surface area contributed by atoms with Gasteiger partial charge in [-0.3, -0.25) is 4.79 Å². The first kappa shape index (κ1) is 20.4. The molecule has 164 valence electrons. The van der Waals surface area contributed by atoms with Crippen molar-refractivity contribution in [2.24, 2.45) is 0 Å². The largest absolute Gasteiger partial charge is 0.365 e. The fraction of sp³-hybridized carbons (Fsp3) is 0.292. The van der Waals surface area contributed by atoms with Gasteiger partial charge in [0.1, 0.15) is 5.82 Å². The molecule has 4 aromatic rings. The Labute approximate surface area is 184 Å². The van der Waals surface area contributed by atoms with Crippen LogP contribution < -0.4 is 0 Å². The van der Waals surface area contributed by atoms with Gasteiger partial charge in [0.05, 0.1) is 24.2 Å². The lowest BCUT2D eigenvalue weighted by Gasteiger charge is -2.31. The molecule has 1 saturated heterocycles. The number of aromatic nitrogens is 3. The molecule has 2 aromatic carbocycles. The van der Waals surface area contributed by atoms with Crippen molar-refractivity contribution in [2.75, 3.05) is 19.7 Å². The first-order valence-electron chi connectivity index (χ1n) is 10.6. The van der Waals surface area contributed by atoms with Gasteiger partial charge in [0.15, 0.2) is 11.9 Å². The number of nitrogens with one attached hydrogen (secondary N) is 1. The van der Waals surface area contributed by atoms with Gasteiger partial charge in [0, 0.05) is 24.0 Å². The average molecular weight is 434 g/mol. The fourth-order valence-electron chi connectivity index (χ4n) is 4.10. The van der Waals surface area contributed by atoms with E-state index < -0.39 is 6.10 Å². The standard InChI is InChI=1S/C24H23FN4O3/c1-14-15(2)26-22-17(14)7-5-8-18(22)24(30)29-10-11-31-20(13-29)23-27-21(28-32-23)12-16-6-3-4-9-19(16)25/h3-9,20,26H,10-13H2,1-2H3/t20-/m1/s1. The van der Waals surface area contributed by atoms with Crippen LogP contribution in [-0.4, -0.2) is 45.6 Å². The molecule has 0 radical (unpaired) electrons. The SMILES string of the molecule is Cc1[nH]c2c(C(=O)N3CCO[C@@H](c4nc(Cc5ccccc5F)no4)C3)cccc2c1C. The highest BCUT2D eigenvalue weighted by Crippen LogP contribution is 2.27. The Balaban J connectivity index is 1.34. The average Bonchev–Trinajstić information content (AvgIpc) is 3.39. The lowest BCUT2D eigenvalue weighted by molar-refractivity contribution is -0.0366. The van der Waals surface area contributed by atoms with Gasteiger partial charge in [-0.25, -0.2) is 4.39 Å². The van der Waals surface area contributed by atoms with E-state index in [0.717, 1.165) is 22.2 Å². The molecular weight excluding hydrogens is 411 g/mol. The zero-order chi connectivity index (χ0) is 22.2. The predicted octanol–water partition coefficient (Wildman–Crippen LogP) is 4.11. The molecule has 8 heteroatoms. The Morgan fingerprint density at radius 1 is 1.22 bits per heavy atom. The first-order chi connectivity index (χ1) is 15.5. The van der Waals surface area contributed by atoms with Crippen LogP contribution in [0.4, 0.5) is 4.39 Å². The minimum absolute atomic E-state index is 0.0729. The maximum atomic E-state index is 13.9. The van der Waals surface area contributed by atoms with Crippen LogP contribution in [0.5, 0.6) is 0 Å². The van der Waals surface area contributed by atoms with Crippen molar-refractivity contribution in [1.29, 1.82) is 0 Å². The van der Waals surface area contributed by atoms with Crippen LogP contribution in [0, 0.1) is 19.7 Å². The maximum Gasteiger partial charge on any atom is 0.257 e. The van der Waals surface area contributed by atoms with E-state index >= 15 is 0 Å². The number of amides is 1. The van der Waals surface area contributed by atoms with E-state index in [9.17, 15) is 9.18 Å². The third kappa shape index (κ3) is 3.67. The summed E-state index contributed by atoms with van der Waals surface area (Å²) in [6.45, 7) is 5.18. The second-order valence-corrected chi connectivity index (χ2v) is 8.03. The third-order valence-corrected chi connectivity index (χ3v) is 5.99. The van der Waals surface area contributed by atoms with Crippen LogP contribution in [0.15, 0.2) is 47.0 Å². The molecule has 7 nitrogen and oxygen atoms in total. The molecule has 1 amide bonds. The monoisotopic (exact) mass is 434 g/mol. The van der Waals surface area contributed by atoms with E-state index in [0.29, 0.717) is 42.5 Å². The topological polar surface area (TPSA) is 84.2 Å². The fourth-order valence-corrected chi connectivity index (χ4v) is 4.10. The van der Waals surface area contributed by atoms with Crippen molar-refractivity contribution in [3.63, 3.8) is 0 Å². The van der Waals surface area contributed by atoms with Crippen molar-refractivity contribution in [2.45, 2.75) is 26.4 Å². The molecule has 2 aromatic heterocycles. The number of halogens is 1. The van der Waals surface area contributed by atoms with Crippen LogP contribution in [0.3, 0.4) is 0 Å². The number of ether oxygens (including phenoxy) is 1. The molecule has 32 heavy (non-hydrogen) atoms. The number of aromatic amines is 1. The molecule has 0 bridgehead atoms. The van der Waals surface area contributed by atoms with Gasteiger partial charge >= 0.3 is 0 Å². The zero-order valence-corrected chi connectivity index (χ0v) is 17.9. The number of nitrogens with zero attached hydrogens (tertiary/aromatic N) is 3. The number of carbonyl (C=O) groups is 1. The molecule has 1 atom stereocenters. The number of aryl methyl sites for hydroxylation is 2. The second-order valence-electron chi connectivity index (χ2n) is 8.03. The van der Waals surface area contributed by atoms with Gasteiger partial charge in [0.25, 0.3) is 11.8 Å². The van der Waals surface area contributed by atoms with Gasteiger partial charge in [-0.15, -0.1) is 0 Å². The molecule has 0 saturated carbocycles. The van der Waals surface area contributed by atoms with E-state index in [-0.39, 0.29) is 18.1 Å². The lowest BCUT2D eigenvalue weighted by Crippen LogP contribution is -2.42. The zero-order valence-electron chi connectivity index (χ0n) is 17.9. The highest BCUT2D eigenvalue weighted by atomic mass is 19.1. The summed E-state index contributed by atoms with van der Waals surface area (Å²) in [6.07, 6.45) is -0.306. The molecule has 5 rings (SSSR count). The van der Waals surface area contributed by atoms with Gasteiger partial charge in [-0.2, -0.15) is 4.98 Å². The first-order valence-corrected chi connectivity index (χ1v) is 10.6. The van der Waals surface area contributed by atoms with Crippen molar-refractivity contribution in [1.82, 2.24) is 20.0 Å². The third-order valence-electron chi connectivity index (χ3n) is 5.99. The quantitative estimate of drug-likeness (QED) is 0.523. The number of morpholine rings is 1. The van der Waals surface area contributed by atoms with Crippen molar-refractivity contribution >= 4 is 16.8 Å². The van der Waals surface area contributed by atoms with Crippen LogP contribution in [-0.2, 0) is 11.2 Å². The number of rotatable bonds is 4. The number of hydrogen-bond acceptors (Lipinski definition) is 5. The molecule has 3 heterocycles. The molecule has 0 unspecified atom stereocenters. The molecular formula is C24H23FN4O3. The highest BCUT2D eigenvalue weighted by Gasteiger charge is 2.31. The highest BCUT2D eigenvalue weighted by molar-refractivity contribution is 6.06. The summed E-state index contributed by atoms with van der Waals surface area (Å²) in [6, 6.07) is 12.2. The van der Waals surface area contributed by atoms with E-state index in [1.165, 1.54) is 6.07 Å². The number of para-hydroxylation sites is 1. The summed E-state index contributed by atoms with van der Waals surface area (Å²) < 4.78 is 25.1. The van der Waals surface area contributed by atoms with E-state index in [2.05, 4.69) is 15.1 Å². The Hall–Kier alpha value is -3.52. The van der Waals surface area contributed by atoms with Gasteiger partial charge < -0.3 is 19.1 Å². The predicted molar refractivity (Wildman–Crippen MR) is 116 cm³/mol. The number of fused-ring (bicyclic) bond motifs is 1. The van der Waals surface area contributed by atoms with Crippen molar-refractivity contribution in [3.05, 3.63) is 82.4 Å². The van der Waals surface area contributed by atoms with Crippen LogP contribution in [0.1, 0.15) is 45.0 Å². The smallest absolute Gasteiger partial charge is 0.257 e. The van der Waals surface area contributed by atoms with Crippen LogP contribution in [0.2, 0.25) is 0 Å². The minimum Gasteiger partial charge on any atom is -0.365 e. The van der Waals surface area contributed by atoms with Crippen molar-refractivity contribution in [3.8, 4) is 0 Å². The van der Waals surface area contributed by atoms with Gasteiger partial charge in [0.2, 0.25) is 0 Å². The van der Waals surface area contributed by atoms with Gasteiger partial charge in [-0.1, -0.05) is 35.5 Å². The Kier molecular flexibility index (Phi) is 5.22. The summed E-state index contributed by atoms with van der Waals surface area (Å²) in [5, 5.41) is 5.02. The maximum absolute atomic E-state index is 13.9. The Morgan fingerprint density at radius 3 is 2.91 bits per heavy atom. The summed E-state index contributed by atoms with van der Waals surface area (Å²) in [5.74, 6) is 0.280. The van der Waals surface area contributed by atoms with Crippen molar-refractivity contribution < 1.29 is 18.4 Å². The molecule has 0 aliphatic carbocycles. The number of carbonyl (C=O) groups excluding carboxylic acids is 1. The summed E-state index contributed by atoms with van der Waals surface area (Å²) >= 11 is 0. The molecule has 1 aliphatic rings. The summed E-state index contributed by atoms with van der Waals surface area (Å²) in [5.41, 5.74) is 4.16. The van der Waals surface area contributed by atoms with E-state index in [4.69, 9.17) is 9.26 Å². The lowest BCUT2D eigenvalue weighted by atomic mass is 10.1. The number of benzene rings is 2. The summed E-state index contributed by atoms with van der Waals surface area (Å²) in [4.78, 5) is 22.8. The van der Waals surface area contributed by atoms with Gasteiger partial charge in [-0.05, 0) is 37.1 Å². The normalized spacial score (nSPS) is 16.6. The molecule has 1 aliphatic heterocycles. The minimum atomic E-state index is -0.527. The second kappa shape index (κ2) is 8.20. The summed E-state index contributed by atoms with van der Waals surface area (Å²) in [7, 11) is 0. The Bertz CT molecular complexity index is 1300. The number of H-pyrrole nitrogens is 1. The van der Waals surface area contributed by atoms with Crippen LogP contribution >= 0.6 is 0 Å². The van der Waals surface area contributed by atoms with Crippen LogP contribution in [0.25, 0.3) is 10.9 Å². The Morgan fingerprint density at radius 2 is 2.06 bits per heavy atom.